The van der Waals surface area contributed by atoms with Crippen LogP contribution in [0.15, 0.2) is 12.2 Å². The fourth-order valence-electron chi connectivity index (χ4n) is 1.66. The second-order valence-electron chi connectivity index (χ2n) is 3.63. The van der Waals surface area contributed by atoms with Gasteiger partial charge in [-0.05, 0) is 12.8 Å². The van der Waals surface area contributed by atoms with Crippen LogP contribution in [0.2, 0.25) is 5.82 Å². The first kappa shape index (κ1) is 13.0. The van der Waals surface area contributed by atoms with E-state index in [9.17, 15) is 9.46 Å². The summed E-state index contributed by atoms with van der Waals surface area (Å²) in [5, 5.41) is 0. The topological polar surface area (TPSA) is 58.6 Å². The molecule has 0 saturated heterocycles. The molecule has 1 rings (SSSR count). The lowest BCUT2D eigenvalue weighted by Gasteiger charge is -2.34. The zero-order valence-corrected chi connectivity index (χ0v) is 9.85. The average molecular weight is 229 g/mol. The van der Waals surface area contributed by atoms with Gasteiger partial charge in [0.2, 0.25) is 0 Å². The molecule has 4 nitrogen and oxygen atoms in total. The summed E-state index contributed by atoms with van der Waals surface area (Å²) in [6.07, 6.45) is 4.71. The molecule has 4 atom stereocenters. The van der Waals surface area contributed by atoms with Gasteiger partial charge in [0.05, 0.1) is 14.0 Å². The Bertz CT molecular complexity index is 281. The van der Waals surface area contributed by atoms with Crippen LogP contribution in [0, 0.1) is 5.92 Å². The maximum atomic E-state index is 11.2. The van der Waals surface area contributed by atoms with E-state index in [1.165, 1.54) is 0 Å². The molecule has 0 heterocycles. The summed E-state index contributed by atoms with van der Waals surface area (Å²) in [5.74, 6) is -0.0584. The van der Waals surface area contributed by atoms with Crippen LogP contribution in [0.4, 0.5) is 0 Å². The fraction of sp³-hybridized carbons (Fsp3) is 0.778. The lowest BCUT2D eigenvalue weighted by atomic mass is 9.75. The summed E-state index contributed by atoms with van der Waals surface area (Å²) in [7, 11) is 2.64. The minimum absolute atomic E-state index is 0.0854. The normalized spacial score (nSPS) is 35.0. The molecule has 0 amide bonds. The number of phosphoric ester groups is 1. The molecule has 4 unspecified atom stereocenters. The maximum Gasteiger partial charge on any atom is 0.267 e. The monoisotopic (exact) mass is 229 g/mol. The Balaban J connectivity index is 2.67. The molecule has 0 fully saturated rings. The van der Waals surface area contributed by atoms with Crippen LogP contribution >= 0.6 is 7.82 Å². The minimum atomic E-state index is -4.16. The molecule has 0 aromatic heterocycles. The summed E-state index contributed by atoms with van der Waals surface area (Å²) in [5.41, 5.74) is 0. The Labute approximate surface area is 91.7 Å². The standard InChI is InChI=1S/C9H16BO4P/c1-3-7-4-5-8(10)6-9(7)14-15(11,12)13-2/h4-5,7-9H,3,6H2,1-2H3,(H,11,12)/p-1. The van der Waals surface area contributed by atoms with E-state index in [0.29, 0.717) is 6.42 Å². The highest BCUT2D eigenvalue weighted by molar-refractivity contribution is 7.45. The molecule has 0 saturated carbocycles. The van der Waals surface area contributed by atoms with Crippen molar-refractivity contribution in [2.45, 2.75) is 31.7 Å². The number of rotatable bonds is 4. The molecular weight excluding hydrogens is 214 g/mol. The van der Waals surface area contributed by atoms with Gasteiger partial charge < -0.3 is 13.9 Å². The molecule has 15 heavy (non-hydrogen) atoms. The van der Waals surface area contributed by atoms with E-state index in [1.54, 1.807) is 0 Å². The van der Waals surface area contributed by atoms with E-state index < -0.39 is 13.9 Å². The summed E-state index contributed by atoms with van der Waals surface area (Å²) < 4.78 is 20.4. The summed E-state index contributed by atoms with van der Waals surface area (Å²) in [6, 6.07) is 0. The quantitative estimate of drug-likeness (QED) is 0.415. The first-order valence-corrected chi connectivity index (χ1v) is 6.43. The average Bonchev–Trinajstić information content (AvgIpc) is 2.18. The van der Waals surface area contributed by atoms with Crippen molar-refractivity contribution in [3.05, 3.63) is 12.2 Å². The molecule has 0 spiro atoms. The molecule has 0 aliphatic heterocycles. The summed E-state index contributed by atoms with van der Waals surface area (Å²) >= 11 is 0. The number of phosphoric acid groups is 1. The smallest absolute Gasteiger partial charge is 0.267 e. The van der Waals surface area contributed by atoms with E-state index in [0.717, 1.165) is 13.5 Å². The van der Waals surface area contributed by atoms with Crippen molar-refractivity contribution in [1.29, 1.82) is 0 Å². The predicted molar refractivity (Wildman–Crippen MR) is 56.5 cm³/mol. The van der Waals surface area contributed by atoms with Crippen molar-refractivity contribution in [3.63, 3.8) is 0 Å². The van der Waals surface area contributed by atoms with Crippen molar-refractivity contribution in [3.8, 4) is 0 Å². The Morgan fingerprint density at radius 3 is 2.80 bits per heavy atom. The predicted octanol–water partition coefficient (Wildman–Crippen LogP) is 1.43. The lowest BCUT2D eigenvalue weighted by molar-refractivity contribution is -0.228. The van der Waals surface area contributed by atoms with Crippen molar-refractivity contribution < 1.29 is 18.5 Å². The van der Waals surface area contributed by atoms with Crippen LogP contribution in [-0.4, -0.2) is 21.1 Å². The number of hydrogen-bond acceptors (Lipinski definition) is 4. The maximum absolute atomic E-state index is 11.2. The molecule has 0 aromatic rings. The van der Waals surface area contributed by atoms with Gasteiger partial charge in [-0.15, -0.1) is 0 Å². The van der Waals surface area contributed by atoms with Crippen LogP contribution in [-0.2, 0) is 13.6 Å². The van der Waals surface area contributed by atoms with Crippen LogP contribution in [0.5, 0.6) is 0 Å². The third-order valence-electron chi connectivity index (χ3n) is 2.55. The highest BCUT2D eigenvalue weighted by Gasteiger charge is 2.27. The van der Waals surface area contributed by atoms with Crippen LogP contribution in [0.3, 0.4) is 0 Å². The molecule has 84 valence electrons. The molecule has 0 bridgehead atoms. The first-order chi connectivity index (χ1) is 6.98. The van der Waals surface area contributed by atoms with Crippen molar-refractivity contribution in [2.24, 2.45) is 5.92 Å². The van der Waals surface area contributed by atoms with Gasteiger partial charge in [0.1, 0.15) is 0 Å². The largest absolute Gasteiger partial charge is 0.756 e. The van der Waals surface area contributed by atoms with Crippen LogP contribution in [0.25, 0.3) is 0 Å². The Hall–Kier alpha value is -0.0851. The van der Waals surface area contributed by atoms with Crippen LogP contribution < -0.4 is 4.89 Å². The Morgan fingerprint density at radius 2 is 2.27 bits per heavy atom. The second kappa shape index (κ2) is 5.31. The molecule has 2 radical (unpaired) electrons. The minimum Gasteiger partial charge on any atom is -0.756 e. The van der Waals surface area contributed by atoms with Gasteiger partial charge in [-0.1, -0.05) is 24.9 Å². The Kier molecular flexibility index (Phi) is 4.59. The van der Waals surface area contributed by atoms with Gasteiger partial charge in [-0.2, -0.15) is 0 Å². The van der Waals surface area contributed by atoms with Crippen molar-refractivity contribution in [1.82, 2.24) is 0 Å². The number of hydrogen-bond donors (Lipinski definition) is 0. The zero-order valence-electron chi connectivity index (χ0n) is 8.96. The van der Waals surface area contributed by atoms with Gasteiger partial charge in [0.15, 0.2) is 0 Å². The molecule has 6 heteroatoms. The van der Waals surface area contributed by atoms with E-state index in [4.69, 9.17) is 12.4 Å². The van der Waals surface area contributed by atoms with E-state index in [-0.39, 0.29) is 11.7 Å². The van der Waals surface area contributed by atoms with Crippen molar-refractivity contribution >= 4 is 15.7 Å². The molecule has 0 aromatic carbocycles. The highest BCUT2D eigenvalue weighted by atomic mass is 31.2. The Morgan fingerprint density at radius 1 is 1.60 bits per heavy atom. The molecule has 1 aliphatic carbocycles. The van der Waals surface area contributed by atoms with Gasteiger partial charge in [-0.3, -0.25) is 4.57 Å². The van der Waals surface area contributed by atoms with Crippen LogP contribution in [0.1, 0.15) is 19.8 Å². The molecule has 0 N–H and O–H groups in total. The fourth-order valence-corrected chi connectivity index (χ4v) is 2.32. The second-order valence-corrected chi connectivity index (χ2v) is 5.10. The summed E-state index contributed by atoms with van der Waals surface area (Å²) in [6.45, 7) is 1.98. The van der Waals surface area contributed by atoms with E-state index in [2.05, 4.69) is 4.52 Å². The number of allylic oxidation sites excluding steroid dienone is 1. The first-order valence-electron chi connectivity index (χ1n) is 4.97. The zero-order chi connectivity index (χ0) is 11.5. The third-order valence-corrected chi connectivity index (χ3v) is 3.52. The summed E-state index contributed by atoms with van der Waals surface area (Å²) in [4.78, 5) is 11.2. The lowest BCUT2D eigenvalue weighted by Crippen LogP contribution is -2.28. The van der Waals surface area contributed by atoms with Gasteiger partial charge in [0, 0.05) is 13.0 Å². The van der Waals surface area contributed by atoms with Gasteiger partial charge >= 0.3 is 0 Å². The SMILES string of the molecule is [B]C1C=CC(CC)C(OP(=O)([O-])OC)C1. The van der Waals surface area contributed by atoms with Gasteiger partial charge in [-0.25, -0.2) is 0 Å². The van der Waals surface area contributed by atoms with E-state index in [1.807, 2.05) is 19.1 Å². The molecular formula is C9H15BO4P-. The van der Waals surface area contributed by atoms with Gasteiger partial charge in [0.25, 0.3) is 7.82 Å². The van der Waals surface area contributed by atoms with E-state index >= 15 is 0 Å². The molecule has 1 aliphatic rings. The van der Waals surface area contributed by atoms with Crippen molar-refractivity contribution in [2.75, 3.05) is 7.11 Å². The third kappa shape index (κ3) is 3.76. The highest BCUT2D eigenvalue weighted by Crippen LogP contribution is 2.43.